The summed E-state index contributed by atoms with van der Waals surface area (Å²) in [7, 11) is 1.55. The molecule has 3 rings (SSSR count). The lowest BCUT2D eigenvalue weighted by atomic mass is 10.0. The number of nitrogens with zero attached hydrogens (tertiary/aromatic N) is 3. The summed E-state index contributed by atoms with van der Waals surface area (Å²) in [5.74, 6) is 0. The third-order valence-electron chi connectivity index (χ3n) is 3.73. The van der Waals surface area contributed by atoms with Gasteiger partial charge < -0.3 is 9.67 Å². The molecular formula is C12H12F3N3O. The molecule has 1 aliphatic carbocycles. The molecule has 0 aromatic carbocycles. The Morgan fingerprint density at radius 3 is 2.63 bits per heavy atom. The fraction of sp³-hybridized carbons (Fsp3) is 0.500. The Balaban J connectivity index is 2.19. The third-order valence-corrected chi connectivity index (χ3v) is 3.73. The summed E-state index contributed by atoms with van der Waals surface area (Å²) in [5.41, 5.74) is -0.409. The zero-order valence-electron chi connectivity index (χ0n) is 10.2. The number of fused-ring (bicyclic) bond motifs is 1. The molecule has 2 aromatic rings. The molecule has 0 aliphatic heterocycles. The minimum atomic E-state index is -4.26. The molecule has 2 heterocycles. The van der Waals surface area contributed by atoms with Crippen LogP contribution in [0, 0.1) is 0 Å². The molecule has 0 atom stereocenters. The Morgan fingerprint density at radius 1 is 1.42 bits per heavy atom. The lowest BCUT2D eigenvalue weighted by molar-refractivity contribution is -0.162. The SMILES string of the molecule is Cn1c(C2(C(F)(F)F)CC2)cc2ncc(CO)nc21. The molecule has 1 aliphatic rings. The first-order valence-electron chi connectivity index (χ1n) is 5.88. The van der Waals surface area contributed by atoms with Gasteiger partial charge in [-0.15, -0.1) is 0 Å². The fourth-order valence-electron chi connectivity index (χ4n) is 2.46. The Hall–Kier alpha value is -1.63. The highest BCUT2D eigenvalue weighted by Gasteiger charge is 2.65. The Bertz CT molecular complexity index is 643. The number of aryl methyl sites for hydroxylation is 1. The van der Waals surface area contributed by atoms with E-state index in [9.17, 15) is 13.2 Å². The van der Waals surface area contributed by atoms with Gasteiger partial charge in [0, 0.05) is 12.7 Å². The molecule has 0 spiro atoms. The van der Waals surface area contributed by atoms with Gasteiger partial charge in [-0.05, 0) is 18.9 Å². The van der Waals surface area contributed by atoms with E-state index in [1.807, 2.05) is 0 Å². The van der Waals surface area contributed by atoms with Crippen LogP contribution in [0.1, 0.15) is 24.2 Å². The quantitative estimate of drug-likeness (QED) is 0.909. The number of hydrogen-bond acceptors (Lipinski definition) is 3. The van der Waals surface area contributed by atoms with Crippen molar-refractivity contribution in [3.8, 4) is 0 Å². The maximum atomic E-state index is 13.1. The fourth-order valence-corrected chi connectivity index (χ4v) is 2.46. The van der Waals surface area contributed by atoms with E-state index in [1.165, 1.54) is 16.8 Å². The van der Waals surface area contributed by atoms with Crippen molar-refractivity contribution in [1.82, 2.24) is 14.5 Å². The van der Waals surface area contributed by atoms with Crippen molar-refractivity contribution in [2.45, 2.75) is 31.0 Å². The summed E-state index contributed by atoms with van der Waals surface area (Å²) in [6.07, 6.45) is -2.67. The van der Waals surface area contributed by atoms with Crippen molar-refractivity contribution >= 4 is 11.2 Å². The lowest BCUT2D eigenvalue weighted by Gasteiger charge is -2.19. The maximum absolute atomic E-state index is 13.1. The molecule has 0 bridgehead atoms. The summed E-state index contributed by atoms with van der Waals surface area (Å²) >= 11 is 0. The first-order valence-corrected chi connectivity index (χ1v) is 5.88. The van der Waals surface area contributed by atoms with Crippen LogP contribution in [0.5, 0.6) is 0 Å². The highest BCUT2D eigenvalue weighted by Crippen LogP contribution is 2.59. The number of alkyl halides is 3. The number of halogens is 3. The molecule has 0 radical (unpaired) electrons. The van der Waals surface area contributed by atoms with E-state index >= 15 is 0 Å². The second-order valence-electron chi connectivity index (χ2n) is 4.90. The van der Waals surface area contributed by atoms with Crippen LogP contribution >= 0.6 is 0 Å². The van der Waals surface area contributed by atoms with E-state index in [0.29, 0.717) is 16.9 Å². The maximum Gasteiger partial charge on any atom is 0.399 e. The number of hydrogen-bond donors (Lipinski definition) is 1. The second-order valence-corrected chi connectivity index (χ2v) is 4.90. The molecule has 7 heteroatoms. The van der Waals surface area contributed by atoms with Gasteiger partial charge in [-0.1, -0.05) is 0 Å². The monoisotopic (exact) mass is 271 g/mol. The van der Waals surface area contributed by atoms with E-state index in [4.69, 9.17) is 5.11 Å². The number of aromatic nitrogens is 3. The normalized spacial score (nSPS) is 17.9. The molecule has 1 fully saturated rings. The molecule has 2 aromatic heterocycles. The van der Waals surface area contributed by atoms with Crippen LogP contribution < -0.4 is 0 Å². The minimum Gasteiger partial charge on any atom is -0.390 e. The molecule has 4 nitrogen and oxygen atoms in total. The highest BCUT2D eigenvalue weighted by atomic mass is 19.4. The lowest BCUT2D eigenvalue weighted by Crippen LogP contribution is -2.30. The van der Waals surface area contributed by atoms with Crippen LogP contribution in [0.25, 0.3) is 11.2 Å². The van der Waals surface area contributed by atoms with Gasteiger partial charge in [-0.25, -0.2) is 4.98 Å². The second kappa shape index (κ2) is 3.69. The zero-order valence-corrected chi connectivity index (χ0v) is 10.2. The van der Waals surface area contributed by atoms with Crippen LogP contribution in [0.15, 0.2) is 12.3 Å². The number of aliphatic hydroxyl groups is 1. The minimum absolute atomic E-state index is 0.105. The van der Waals surface area contributed by atoms with Crippen LogP contribution in [0.4, 0.5) is 13.2 Å². The molecule has 1 saturated carbocycles. The van der Waals surface area contributed by atoms with Crippen molar-refractivity contribution in [3.63, 3.8) is 0 Å². The van der Waals surface area contributed by atoms with Crippen molar-refractivity contribution in [2.24, 2.45) is 7.05 Å². The number of aliphatic hydroxyl groups excluding tert-OH is 1. The Kier molecular flexibility index (Phi) is 2.41. The number of rotatable bonds is 2. The summed E-state index contributed by atoms with van der Waals surface area (Å²) in [6.45, 7) is -0.284. The van der Waals surface area contributed by atoms with Crippen molar-refractivity contribution in [1.29, 1.82) is 0 Å². The van der Waals surface area contributed by atoms with Gasteiger partial charge in [0.05, 0.1) is 18.5 Å². The summed E-state index contributed by atoms with van der Waals surface area (Å²) in [6, 6.07) is 1.45. The van der Waals surface area contributed by atoms with Crippen molar-refractivity contribution < 1.29 is 18.3 Å². The molecular weight excluding hydrogens is 259 g/mol. The molecule has 0 saturated heterocycles. The van der Waals surface area contributed by atoms with Crippen LogP contribution in [-0.2, 0) is 19.1 Å². The van der Waals surface area contributed by atoms with Gasteiger partial charge in [0.15, 0.2) is 5.65 Å². The van der Waals surface area contributed by atoms with Crippen LogP contribution in [-0.4, -0.2) is 25.8 Å². The van der Waals surface area contributed by atoms with Crippen LogP contribution in [0.2, 0.25) is 0 Å². The molecule has 19 heavy (non-hydrogen) atoms. The molecule has 102 valence electrons. The standard InChI is InChI=1S/C12H12F3N3O/c1-18-9(11(2-3-11)12(13,14)15)4-8-10(18)17-7(6-19)5-16-8/h4-5,19H,2-3,6H2,1H3. The van der Waals surface area contributed by atoms with E-state index in [1.54, 1.807) is 7.05 Å². The van der Waals surface area contributed by atoms with Gasteiger partial charge in [-0.2, -0.15) is 13.2 Å². The highest BCUT2D eigenvalue weighted by molar-refractivity contribution is 5.73. The van der Waals surface area contributed by atoms with E-state index in [0.717, 1.165) is 0 Å². The Labute approximate surface area is 106 Å². The smallest absolute Gasteiger partial charge is 0.390 e. The topological polar surface area (TPSA) is 50.9 Å². The summed E-state index contributed by atoms with van der Waals surface area (Å²) in [5, 5.41) is 9.00. The van der Waals surface area contributed by atoms with Gasteiger partial charge in [0.2, 0.25) is 0 Å². The molecule has 1 N–H and O–H groups in total. The van der Waals surface area contributed by atoms with Gasteiger partial charge in [-0.3, -0.25) is 4.98 Å². The Morgan fingerprint density at radius 2 is 2.11 bits per heavy atom. The third kappa shape index (κ3) is 1.64. The van der Waals surface area contributed by atoms with Gasteiger partial charge in [0.25, 0.3) is 0 Å². The molecule has 0 unspecified atom stereocenters. The van der Waals surface area contributed by atoms with Gasteiger partial charge in [0.1, 0.15) is 10.9 Å². The van der Waals surface area contributed by atoms with E-state index in [2.05, 4.69) is 9.97 Å². The van der Waals surface area contributed by atoms with E-state index < -0.39 is 11.6 Å². The average molecular weight is 271 g/mol. The van der Waals surface area contributed by atoms with Crippen molar-refractivity contribution in [3.05, 3.63) is 23.7 Å². The van der Waals surface area contributed by atoms with Gasteiger partial charge >= 0.3 is 6.18 Å². The first kappa shape index (κ1) is 12.4. The average Bonchev–Trinajstić information content (AvgIpc) is 3.11. The predicted octanol–water partition coefficient (Wildman–Crippen LogP) is 2.05. The first-order chi connectivity index (χ1) is 8.89. The largest absolute Gasteiger partial charge is 0.399 e. The van der Waals surface area contributed by atoms with Crippen molar-refractivity contribution in [2.75, 3.05) is 0 Å². The van der Waals surface area contributed by atoms with Crippen LogP contribution in [0.3, 0.4) is 0 Å². The predicted molar refractivity (Wildman–Crippen MR) is 61.4 cm³/mol. The summed E-state index contributed by atoms with van der Waals surface area (Å²) < 4.78 is 40.9. The van der Waals surface area contributed by atoms with E-state index in [-0.39, 0.29) is 25.1 Å². The molecule has 0 amide bonds. The summed E-state index contributed by atoms with van der Waals surface area (Å²) in [4.78, 5) is 8.17. The zero-order chi connectivity index (χ0) is 13.8.